The highest BCUT2D eigenvalue weighted by Crippen LogP contribution is 2.40. The molecule has 2 nitrogen and oxygen atoms in total. The Bertz CT molecular complexity index is 646. The van der Waals surface area contributed by atoms with Crippen LogP contribution in [0.2, 0.25) is 0 Å². The third-order valence-electron chi connectivity index (χ3n) is 5.22. The number of hydrogen-bond acceptors (Lipinski definition) is 2. The molecule has 1 heterocycles. The quantitative estimate of drug-likeness (QED) is 0.735. The maximum atomic E-state index is 6.17. The van der Waals surface area contributed by atoms with Gasteiger partial charge in [-0.25, -0.2) is 0 Å². The molecule has 0 N–H and O–H groups in total. The first-order valence-electron chi connectivity index (χ1n) is 8.31. The Morgan fingerprint density at radius 1 is 0.739 bits per heavy atom. The van der Waals surface area contributed by atoms with E-state index in [2.05, 4.69) is 83.1 Å². The van der Waals surface area contributed by atoms with Crippen molar-refractivity contribution in [3.05, 3.63) is 60.2 Å². The largest absolute Gasteiger partial charge is 0.465 e. The fourth-order valence-electron chi connectivity index (χ4n) is 2.86. The lowest BCUT2D eigenvalue weighted by Gasteiger charge is -2.32. The third kappa shape index (κ3) is 3.08. The molecule has 1 atom stereocenters. The molecule has 0 saturated carbocycles. The van der Waals surface area contributed by atoms with Gasteiger partial charge in [-0.2, -0.15) is 0 Å². The van der Waals surface area contributed by atoms with Crippen molar-refractivity contribution >= 4 is 7.12 Å². The van der Waals surface area contributed by atoms with Crippen LogP contribution in [-0.4, -0.2) is 18.3 Å². The minimum Gasteiger partial charge on any atom is -0.403 e. The van der Waals surface area contributed by atoms with Crippen molar-refractivity contribution in [3.63, 3.8) is 0 Å². The average Bonchev–Trinajstić information content (AvgIpc) is 2.76. The summed E-state index contributed by atoms with van der Waals surface area (Å²) in [5, 5.41) is 0. The Hall–Kier alpha value is -1.58. The van der Waals surface area contributed by atoms with Gasteiger partial charge in [0.15, 0.2) is 0 Å². The van der Waals surface area contributed by atoms with Crippen LogP contribution in [0.15, 0.2) is 54.6 Å². The van der Waals surface area contributed by atoms with Crippen molar-refractivity contribution in [2.75, 3.05) is 0 Å². The molecule has 0 aliphatic carbocycles. The van der Waals surface area contributed by atoms with Crippen molar-refractivity contribution < 1.29 is 9.31 Å². The van der Waals surface area contributed by atoms with Gasteiger partial charge in [0.2, 0.25) is 0 Å². The first-order chi connectivity index (χ1) is 10.8. The second kappa shape index (κ2) is 5.81. The second-order valence-electron chi connectivity index (χ2n) is 7.40. The number of benzene rings is 2. The van der Waals surface area contributed by atoms with Crippen molar-refractivity contribution in [3.8, 4) is 11.1 Å². The topological polar surface area (TPSA) is 18.5 Å². The molecule has 1 aliphatic heterocycles. The van der Waals surface area contributed by atoms with Crippen molar-refractivity contribution in [2.24, 2.45) is 0 Å². The monoisotopic (exact) mass is 308 g/mol. The molecule has 0 radical (unpaired) electrons. The summed E-state index contributed by atoms with van der Waals surface area (Å²) in [4.78, 5) is 0. The molecule has 0 spiro atoms. The van der Waals surface area contributed by atoms with E-state index in [0.29, 0.717) is 0 Å². The molecule has 3 heteroatoms. The molecule has 3 rings (SSSR count). The zero-order valence-electron chi connectivity index (χ0n) is 14.7. The molecule has 1 aliphatic rings. The van der Waals surface area contributed by atoms with E-state index >= 15 is 0 Å². The van der Waals surface area contributed by atoms with E-state index in [-0.39, 0.29) is 24.1 Å². The smallest absolute Gasteiger partial charge is 0.403 e. The molecule has 120 valence electrons. The van der Waals surface area contributed by atoms with Crippen LogP contribution in [0.3, 0.4) is 0 Å². The van der Waals surface area contributed by atoms with E-state index in [0.717, 1.165) is 0 Å². The molecule has 1 saturated heterocycles. The molecule has 0 amide bonds. The van der Waals surface area contributed by atoms with Gasteiger partial charge >= 0.3 is 7.12 Å². The van der Waals surface area contributed by atoms with E-state index in [9.17, 15) is 0 Å². The van der Waals surface area contributed by atoms with Gasteiger partial charge in [-0.3, -0.25) is 0 Å². The minimum absolute atomic E-state index is 0.195. The maximum absolute atomic E-state index is 6.17. The van der Waals surface area contributed by atoms with Gasteiger partial charge in [0.05, 0.1) is 11.2 Å². The van der Waals surface area contributed by atoms with E-state index in [1.807, 2.05) is 6.07 Å². The highest BCUT2D eigenvalue weighted by molar-refractivity contribution is 6.47. The van der Waals surface area contributed by atoms with Crippen LogP contribution in [0.25, 0.3) is 11.1 Å². The van der Waals surface area contributed by atoms with Crippen LogP contribution in [0.4, 0.5) is 0 Å². The summed E-state index contributed by atoms with van der Waals surface area (Å²) in [5.74, 6) is 0.195. The zero-order valence-corrected chi connectivity index (χ0v) is 14.7. The summed E-state index contributed by atoms with van der Waals surface area (Å²) in [6.45, 7) is 10.5. The van der Waals surface area contributed by atoms with E-state index in [1.54, 1.807) is 0 Å². The minimum atomic E-state index is -0.282. The van der Waals surface area contributed by atoms with Gasteiger partial charge in [-0.1, -0.05) is 61.5 Å². The molecule has 0 aromatic heterocycles. The van der Waals surface area contributed by atoms with Gasteiger partial charge in [-0.15, -0.1) is 0 Å². The van der Waals surface area contributed by atoms with E-state index < -0.39 is 0 Å². The SMILES string of the molecule is CC(B1OC(C)(C)C(C)(C)O1)c1ccc(-c2ccccc2)cc1. The normalized spacial score (nSPS) is 20.5. The standard InChI is InChI=1S/C20H25BO2/c1-15(21-22-19(2,3)20(4,5)23-21)16-11-13-18(14-12-16)17-9-7-6-8-10-17/h6-15H,1-5H3. The lowest BCUT2D eigenvalue weighted by atomic mass is 9.69. The predicted molar refractivity (Wildman–Crippen MR) is 96.4 cm³/mol. The van der Waals surface area contributed by atoms with Crippen LogP contribution in [-0.2, 0) is 9.31 Å². The van der Waals surface area contributed by atoms with Gasteiger partial charge in [0.1, 0.15) is 0 Å². The Kier molecular flexibility index (Phi) is 4.11. The van der Waals surface area contributed by atoms with Gasteiger partial charge < -0.3 is 9.31 Å². The molecule has 1 fully saturated rings. The lowest BCUT2D eigenvalue weighted by Crippen LogP contribution is -2.41. The zero-order chi connectivity index (χ0) is 16.7. The summed E-state index contributed by atoms with van der Waals surface area (Å²) >= 11 is 0. The summed E-state index contributed by atoms with van der Waals surface area (Å²) in [5.41, 5.74) is 3.15. The number of hydrogen-bond donors (Lipinski definition) is 0. The first kappa shape index (κ1) is 16.3. The van der Waals surface area contributed by atoms with E-state index in [4.69, 9.17) is 9.31 Å². The Labute approximate surface area is 140 Å². The maximum Gasteiger partial charge on any atom is 0.465 e. The Morgan fingerprint density at radius 2 is 1.22 bits per heavy atom. The average molecular weight is 308 g/mol. The molecular weight excluding hydrogens is 283 g/mol. The Balaban J connectivity index is 1.78. The van der Waals surface area contributed by atoms with E-state index in [1.165, 1.54) is 16.7 Å². The molecule has 0 bridgehead atoms. The van der Waals surface area contributed by atoms with Crippen LogP contribution >= 0.6 is 0 Å². The fraction of sp³-hybridized carbons (Fsp3) is 0.400. The van der Waals surface area contributed by atoms with Crippen molar-refractivity contribution in [2.45, 2.75) is 51.6 Å². The van der Waals surface area contributed by atoms with Crippen LogP contribution < -0.4 is 0 Å². The number of rotatable bonds is 3. The molecule has 2 aromatic rings. The molecular formula is C20H25BO2. The summed E-state index contributed by atoms with van der Waals surface area (Å²) in [6, 6.07) is 19.1. The third-order valence-corrected chi connectivity index (χ3v) is 5.22. The molecule has 1 unspecified atom stereocenters. The van der Waals surface area contributed by atoms with Crippen LogP contribution in [0, 0.1) is 0 Å². The predicted octanol–water partition coefficient (Wildman–Crippen LogP) is 5.09. The Morgan fingerprint density at radius 3 is 1.74 bits per heavy atom. The van der Waals surface area contributed by atoms with Gasteiger partial charge in [-0.05, 0) is 44.4 Å². The summed E-state index contributed by atoms with van der Waals surface area (Å²) < 4.78 is 12.3. The van der Waals surface area contributed by atoms with Gasteiger partial charge in [0, 0.05) is 5.82 Å². The van der Waals surface area contributed by atoms with Crippen LogP contribution in [0.5, 0.6) is 0 Å². The van der Waals surface area contributed by atoms with Crippen LogP contribution in [0.1, 0.15) is 46.0 Å². The van der Waals surface area contributed by atoms with Crippen molar-refractivity contribution in [1.82, 2.24) is 0 Å². The van der Waals surface area contributed by atoms with Crippen molar-refractivity contribution in [1.29, 1.82) is 0 Å². The highest BCUT2D eigenvalue weighted by atomic mass is 16.7. The summed E-state index contributed by atoms with van der Waals surface area (Å²) in [7, 11) is -0.206. The summed E-state index contributed by atoms with van der Waals surface area (Å²) in [6.07, 6.45) is 0. The lowest BCUT2D eigenvalue weighted by molar-refractivity contribution is 0.00578. The second-order valence-corrected chi connectivity index (χ2v) is 7.40. The van der Waals surface area contributed by atoms with Gasteiger partial charge in [0.25, 0.3) is 0 Å². The first-order valence-corrected chi connectivity index (χ1v) is 8.31. The fourth-order valence-corrected chi connectivity index (χ4v) is 2.86. The molecule has 23 heavy (non-hydrogen) atoms. The highest BCUT2D eigenvalue weighted by Gasteiger charge is 2.52. The molecule has 2 aromatic carbocycles.